The Morgan fingerprint density at radius 3 is 2.50 bits per heavy atom. The largest absolute Gasteiger partial charge is 0.299 e. The summed E-state index contributed by atoms with van der Waals surface area (Å²) in [4.78, 5) is 2.43. The first-order valence-electron chi connectivity index (χ1n) is 6.99. The van der Waals surface area contributed by atoms with Crippen LogP contribution in [-0.2, 0) is 6.54 Å². The van der Waals surface area contributed by atoms with Crippen molar-refractivity contribution in [2.45, 2.75) is 51.1 Å². The number of benzene rings is 1. The third-order valence-corrected chi connectivity index (χ3v) is 4.01. The molecule has 0 N–H and O–H groups in total. The highest BCUT2D eigenvalue weighted by molar-refractivity contribution is 5.37. The van der Waals surface area contributed by atoms with E-state index in [1.807, 2.05) is 18.2 Å². The molecule has 0 spiro atoms. The van der Waals surface area contributed by atoms with Gasteiger partial charge in [-0.1, -0.05) is 43.9 Å². The fourth-order valence-corrected chi connectivity index (χ4v) is 2.86. The Kier molecular flexibility index (Phi) is 4.78. The van der Waals surface area contributed by atoms with Crippen LogP contribution in [0.1, 0.15) is 49.7 Å². The zero-order valence-electron chi connectivity index (χ0n) is 11.2. The number of hydrogen-bond acceptors (Lipinski definition) is 2. The fourth-order valence-electron chi connectivity index (χ4n) is 2.86. The second-order valence-corrected chi connectivity index (χ2v) is 5.33. The van der Waals surface area contributed by atoms with Gasteiger partial charge in [-0.05, 0) is 31.5 Å². The minimum absolute atomic E-state index is 0.694. The van der Waals surface area contributed by atoms with E-state index in [1.54, 1.807) is 0 Å². The van der Waals surface area contributed by atoms with Crippen LogP contribution in [-0.4, -0.2) is 18.0 Å². The molecule has 0 saturated heterocycles. The van der Waals surface area contributed by atoms with Crippen LogP contribution in [0.3, 0.4) is 0 Å². The molecule has 2 rings (SSSR count). The third-order valence-electron chi connectivity index (χ3n) is 4.01. The molecule has 0 amide bonds. The third kappa shape index (κ3) is 3.34. The van der Waals surface area contributed by atoms with E-state index in [1.165, 1.54) is 38.5 Å². The van der Waals surface area contributed by atoms with Gasteiger partial charge in [0.1, 0.15) is 0 Å². The Morgan fingerprint density at radius 2 is 1.83 bits per heavy atom. The van der Waals surface area contributed by atoms with Crippen LogP contribution in [0.5, 0.6) is 0 Å². The van der Waals surface area contributed by atoms with Gasteiger partial charge in [-0.25, -0.2) is 0 Å². The summed E-state index contributed by atoms with van der Waals surface area (Å²) >= 11 is 0. The minimum atomic E-state index is 0.694. The molecule has 0 radical (unpaired) electrons. The second kappa shape index (κ2) is 6.56. The lowest BCUT2D eigenvalue weighted by molar-refractivity contribution is 0.213. The zero-order chi connectivity index (χ0) is 12.8. The molecule has 18 heavy (non-hydrogen) atoms. The van der Waals surface area contributed by atoms with Gasteiger partial charge in [0.25, 0.3) is 0 Å². The molecule has 1 aliphatic carbocycles. The van der Waals surface area contributed by atoms with E-state index in [2.05, 4.69) is 24.1 Å². The zero-order valence-corrected chi connectivity index (χ0v) is 11.2. The van der Waals surface area contributed by atoms with Gasteiger partial charge in [-0.3, -0.25) is 4.90 Å². The van der Waals surface area contributed by atoms with Crippen LogP contribution >= 0.6 is 0 Å². The molecule has 0 atom stereocenters. The summed E-state index contributed by atoms with van der Waals surface area (Å²) in [5.74, 6) is 0. The molecule has 0 heterocycles. The Morgan fingerprint density at radius 1 is 1.17 bits per heavy atom. The van der Waals surface area contributed by atoms with Crippen molar-refractivity contribution in [1.29, 1.82) is 5.26 Å². The van der Waals surface area contributed by atoms with Crippen molar-refractivity contribution in [3.05, 3.63) is 35.4 Å². The van der Waals surface area contributed by atoms with Gasteiger partial charge in [0, 0.05) is 12.6 Å². The molecule has 2 nitrogen and oxygen atoms in total. The minimum Gasteiger partial charge on any atom is -0.299 e. The standard InChI is InChI=1S/C16H22N2/c1-18(16-10-4-2-3-5-11-16)13-15-9-7-6-8-14(15)12-17/h6-9,16H,2-5,10-11,13H2,1H3. The molecule has 1 saturated carbocycles. The fraction of sp³-hybridized carbons (Fsp3) is 0.562. The number of rotatable bonds is 3. The Balaban J connectivity index is 2.01. The van der Waals surface area contributed by atoms with Crippen LogP contribution in [0.25, 0.3) is 0 Å². The predicted octanol–water partition coefficient (Wildman–Crippen LogP) is 3.71. The summed E-state index contributed by atoms with van der Waals surface area (Å²) in [6.07, 6.45) is 8.11. The number of hydrogen-bond donors (Lipinski definition) is 0. The van der Waals surface area contributed by atoms with Crippen LogP contribution < -0.4 is 0 Å². The summed E-state index contributed by atoms with van der Waals surface area (Å²) in [6, 6.07) is 10.9. The van der Waals surface area contributed by atoms with E-state index in [4.69, 9.17) is 5.26 Å². The monoisotopic (exact) mass is 242 g/mol. The van der Waals surface area contributed by atoms with Crippen molar-refractivity contribution in [2.75, 3.05) is 7.05 Å². The van der Waals surface area contributed by atoms with Crippen molar-refractivity contribution < 1.29 is 0 Å². The van der Waals surface area contributed by atoms with Gasteiger partial charge >= 0.3 is 0 Å². The topological polar surface area (TPSA) is 27.0 Å². The molecule has 0 aliphatic heterocycles. The van der Waals surface area contributed by atoms with Crippen molar-refractivity contribution in [2.24, 2.45) is 0 Å². The lowest BCUT2D eigenvalue weighted by atomic mass is 10.0. The highest BCUT2D eigenvalue weighted by Gasteiger charge is 2.17. The predicted molar refractivity (Wildman–Crippen MR) is 74.1 cm³/mol. The molecular formula is C16H22N2. The van der Waals surface area contributed by atoms with Gasteiger partial charge in [0.2, 0.25) is 0 Å². The van der Waals surface area contributed by atoms with E-state index in [9.17, 15) is 0 Å². The van der Waals surface area contributed by atoms with Crippen molar-refractivity contribution in [3.8, 4) is 6.07 Å². The maximum atomic E-state index is 9.12. The Bertz CT molecular complexity index is 411. The summed E-state index contributed by atoms with van der Waals surface area (Å²) < 4.78 is 0. The van der Waals surface area contributed by atoms with Gasteiger partial charge in [0.05, 0.1) is 11.6 Å². The highest BCUT2D eigenvalue weighted by Crippen LogP contribution is 2.22. The summed E-state index contributed by atoms with van der Waals surface area (Å²) in [5.41, 5.74) is 1.98. The first-order valence-corrected chi connectivity index (χ1v) is 6.99. The first-order chi connectivity index (χ1) is 8.81. The molecule has 1 fully saturated rings. The lowest BCUT2D eigenvalue weighted by Crippen LogP contribution is -2.30. The molecule has 96 valence electrons. The maximum absolute atomic E-state index is 9.12. The van der Waals surface area contributed by atoms with Crippen LogP contribution in [0.4, 0.5) is 0 Å². The van der Waals surface area contributed by atoms with Crippen LogP contribution in [0.2, 0.25) is 0 Å². The average Bonchev–Trinajstić information content (AvgIpc) is 2.68. The van der Waals surface area contributed by atoms with Crippen molar-refractivity contribution in [3.63, 3.8) is 0 Å². The quantitative estimate of drug-likeness (QED) is 0.755. The average molecular weight is 242 g/mol. The normalized spacial score (nSPS) is 17.4. The molecule has 0 bridgehead atoms. The summed E-state index contributed by atoms with van der Waals surface area (Å²) in [7, 11) is 2.20. The second-order valence-electron chi connectivity index (χ2n) is 5.33. The molecule has 1 aromatic rings. The van der Waals surface area contributed by atoms with Crippen molar-refractivity contribution >= 4 is 0 Å². The number of nitrogens with zero attached hydrogens (tertiary/aromatic N) is 2. The van der Waals surface area contributed by atoms with Crippen LogP contribution in [0, 0.1) is 11.3 Å². The van der Waals surface area contributed by atoms with E-state index in [0.717, 1.165) is 17.7 Å². The molecule has 1 aromatic carbocycles. The molecule has 1 aliphatic rings. The Hall–Kier alpha value is -1.33. The summed E-state index contributed by atoms with van der Waals surface area (Å²) in [6.45, 7) is 0.897. The van der Waals surface area contributed by atoms with E-state index in [0.29, 0.717) is 6.04 Å². The van der Waals surface area contributed by atoms with E-state index >= 15 is 0 Å². The van der Waals surface area contributed by atoms with Gasteiger partial charge in [0.15, 0.2) is 0 Å². The van der Waals surface area contributed by atoms with Gasteiger partial charge in [-0.2, -0.15) is 5.26 Å². The lowest BCUT2D eigenvalue weighted by Gasteiger charge is -2.27. The summed E-state index contributed by atoms with van der Waals surface area (Å²) in [5, 5.41) is 9.12. The molecular weight excluding hydrogens is 220 g/mol. The van der Waals surface area contributed by atoms with Gasteiger partial charge < -0.3 is 0 Å². The first kappa shape index (κ1) is 13.1. The van der Waals surface area contributed by atoms with E-state index < -0.39 is 0 Å². The maximum Gasteiger partial charge on any atom is 0.0995 e. The number of nitriles is 1. The van der Waals surface area contributed by atoms with Crippen molar-refractivity contribution in [1.82, 2.24) is 4.90 Å². The van der Waals surface area contributed by atoms with E-state index in [-0.39, 0.29) is 0 Å². The molecule has 0 unspecified atom stereocenters. The molecule has 0 aromatic heterocycles. The smallest absolute Gasteiger partial charge is 0.0995 e. The SMILES string of the molecule is CN(Cc1ccccc1C#N)C1CCCCCC1. The van der Waals surface area contributed by atoms with Crippen LogP contribution in [0.15, 0.2) is 24.3 Å². The van der Waals surface area contributed by atoms with Gasteiger partial charge in [-0.15, -0.1) is 0 Å². The molecule has 2 heteroatoms. The Labute approximate surface area is 110 Å². The highest BCUT2D eigenvalue weighted by atomic mass is 15.1.